The third-order valence-electron chi connectivity index (χ3n) is 7.11. The highest BCUT2D eigenvalue weighted by Gasteiger charge is 2.53. The van der Waals surface area contributed by atoms with E-state index in [0.717, 1.165) is 58.6 Å². The molecule has 0 bridgehead atoms. The van der Waals surface area contributed by atoms with E-state index in [2.05, 4.69) is 59.1 Å². The molecule has 1 amide bonds. The van der Waals surface area contributed by atoms with E-state index in [1.54, 1.807) is 0 Å². The maximum absolute atomic E-state index is 13.6. The highest BCUT2D eigenvalue weighted by atomic mass is 16.2. The number of carbonyl (C=O) groups is 1. The summed E-state index contributed by atoms with van der Waals surface area (Å²) >= 11 is 0. The first-order valence-corrected chi connectivity index (χ1v) is 11.3. The van der Waals surface area contributed by atoms with Gasteiger partial charge in [0.25, 0.3) is 5.91 Å². The molecule has 6 rings (SSSR count). The summed E-state index contributed by atoms with van der Waals surface area (Å²) in [5, 5.41) is 0. The second kappa shape index (κ2) is 6.92. The van der Waals surface area contributed by atoms with Crippen molar-refractivity contribution in [3.05, 3.63) is 96.1 Å². The van der Waals surface area contributed by atoms with Crippen LogP contribution in [0.25, 0.3) is 27.9 Å². The number of nitrogens with zero attached hydrogens (tertiary/aromatic N) is 3. The molecule has 3 heterocycles. The van der Waals surface area contributed by atoms with Gasteiger partial charge in [-0.3, -0.25) is 9.78 Å². The Kier molecular flexibility index (Phi) is 4.12. The molecule has 0 radical (unpaired) electrons. The van der Waals surface area contributed by atoms with E-state index >= 15 is 0 Å². The van der Waals surface area contributed by atoms with Crippen molar-refractivity contribution in [1.29, 1.82) is 0 Å². The lowest BCUT2D eigenvalue weighted by molar-refractivity contribution is 0.0705. The lowest BCUT2D eigenvalue weighted by atomic mass is 9.95. The van der Waals surface area contributed by atoms with Gasteiger partial charge in [-0.15, -0.1) is 0 Å². The van der Waals surface area contributed by atoms with Gasteiger partial charge in [-0.1, -0.05) is 55.5 Å². The Bertz CT molecular complexity index is 1350. The van der Waals surface area contributed by atoms with E-state index in [4.69, 9.17) is 0 Å². The van der Waals surface area contributed by atoms with Crippen molar-refractivity contribution in [2.75, 3.05) is 7.05 Å². The fraction of sp³-hybridized carbons (Fsp3) is 0.214. The van der Waals surface area contributed by atoms with E-state index in [9.17, 15) is 4.79 Å². The fourth-order valence-electron chi connectivity index (χ4n) is 5.16. The van der Waals surface area contributed by atoms with Crippen molar-refractivity contribution in [3.63, 3.8) is 0 Å². The van der Waals surface area contributed by atoms with Gasteiger partial charge in [0.05, 0.1) is 11.2 Å². The van der Waals surface area contributed by atoms with E-state index in [0.29, 0.717) is 0 Å². The Morgan fingerprint density at radius 1 is 0.938 bits per heavy atom. The van der Waals surface area contributed by atoms with Gasteiger partial charge in [0.15, 0.2) is 0 Å². The van der Waals surface area contributed by atoms with Crippen molar-refractivity contribution < 1.29 is 4.79 Å². The molecule has 2 aromatic carbocycles. The number of fused-ring (bicyclic) bond motifs is 4. The monoisotopic (exact) mass is 419 g/mol. The average molecular weight is 420 g/mol. The maximum Gasteiger partial charge on any atom is 0.271 e. The van der Waals surface area contributed by atoms with Gasteiger partial charge in [-0.2, -0.15) is 0 Å². The molecule has 4 aromatic rings. The molecular formula is C28H25N3O. The van der Waals surface area contributed by atoms with Crippen LogP contribution in [0.3, 0.4) is 0 Å². The van der Waals surface area contributed by atoms with Crippen molar-refractivity contribution in [1.82, 2.24) is 14.5 Å². The molecule has 1 fully saturated rings. The maximum atomic E-state index is 13.6. The first kappa shape index (κ1) is 19.1. The van der Waals surface area contributed by atoms with E-state index < -0.39 is 0 Å². The van der Waals surface area contributed by atoms with Gasteiger partial charge in [0.1, 0.15) is 5.69 Å². The highest BCUT2D eigenvalue weighted by molar-refractivity contribution is 5.97. The molecule has 2 aliphatic rings. The molecule has 1 saturated carbocycles. The third kappa shape index (κ3) is 2.69. The van der Waals surface area contributed by atoms with Crippen molar-refractivity contribution in [3.8, 4) is 27.9 Å². The molecule has 0 atom stereocenters. The van der Waals surface area contributed by atoms with Crippen LogP contribution in [0.1, 0.15) is 41.5 Å². The van der Waals surface area contributed by atoms with Crippen molar-refractivity contribution in [2.24, 2.45) is 0 Å². The molecular weight excluding hydrogens is 394 g/mol. The van der Waals surface area contributed by atoms with Crippen LogP contribution in [-0.2, 0) is 12.0 Å². The van der Waals surface area contributed by atoms with E-state index in [1.807, 2.05) is 48.5 Å². The average Bonchev–Trinajstić information content (AvgIpc) is 3.55. The normalized spacial score (nSPS) is 15.9. The smallest absolute Gasteiger partial charge is 0.271 e. The van der Waals surface area contributed by atoms with Crippen molar-refractivity contribution >= 4 is 5.91 Å². The van der Waals surface area contributed by atoms with Crippen LogP contribution in [0.4, 0.5) is 0 Å². The Balaban J connectivity index is 1.60. The molecule has 1 aliphatic heterocycles. The van der Waals surface area contributed by atoms with Gasteiger partial charge < -0.3 is 9.47 Å². The standard InChI is InChI=1S/C28H25N3O/c1-3-24-22(10-7-15-29-24)20-11-12-23-25(16-20)31-18-21(19-8-5-4-6-9-19)17-26(31)27(32)30(2)28(23)13-14-28/h4-12,15-18H,3,13-14H2,1-2H3. The van der Waals surface area contributed by atoms with Crippen LogP contribution >= 0.6 is 0 Å². The summed E-state index contributed by atoms with van der Waals surface area (Å²) in [4.78, 5) is 20.1. The Hall–Kier alpha value is -3.66. The predicted octanol–water partition coefficient (Wildman–Crippen LogP) is 5.84. The quantitative estimate of drug-likeness (QED) is 0.418. The van der Waals surface area contributed by atoms with Crippen LogP contribution < -0.4 is 0 Å². The predicted molar refractivity (Wildman–Crippen MR) is 127 cm³/mol. The van der Waals surface area contributed by atoms with Gasteiger partial charge >= 0.3 is 0 Å². The summed E-state index contributed by atoms with van der Waals surface area (Å²) < 4.78 is 2.11. The van der Waals surface area contributed by atoms with Crippen molar-refractivity contribution in [2.45, 2.75) is 31.7 Å². The lowest BCUT2D eigenvalue weighted by Crippen LogP contribution is -2.36. The number of amides is 1. The van der Waals surface area contributed by atoms with Crippen LogP contribution in [0.2, 0.25) is 0 Å². The molecule has 32 heavy (non-hydrogen) atoms. The topological polar surface area (TPSA) is 38.1 Å². The summed E-state index contributed by atoms with van der Waals surface area (Å²) in [7, 11) is 1.95. The second-order valence-corrected chi connectivity index (χ2v) is 8.83. The number of aryl methyl sites for hydroxylation is 1. The van der Waals surface area contributed by atoms with Crippen LogP contribution in [0.5, 0.6) is 0 Å². The first-order valence-electron chi connectivity index (χ1n) is 11.3. The number of benzene rings is 2. The summed E-state index contributed by atoms with van der Waals surface area (Å²) in [6.45, 7) is 2.14. The zero-order valence-electron chi connectivity index (χ0n) is 18.4. The summed E-state index contributed by atoms with van der Waals surface area (Å²) in [5.41, 5.74) is 8.41. The number of pyridine rings is 1. The van der Waals surface area contributed by atoms with E-state index in [-0.39, 0.29) is 11.4 Å². The molecule has 1 spiro atoms. The van der Waals surface area contributed by atoms with Crippen LogP contribution in [0.15, 0.2) is 79.1 Å². The number of rotatable bonds is 3. The molecule has 4 heteroatoms. The largest absolute Gasteiger partial charge is 0.331 e. The number of carbonyl (C=O) groups excluding carboxylic acids is 1. The number of aromatic nitrogens is 2. The lowest BCUT2D eigenvalue weighted by Gasteiger charge is -2.27. The Morgan fingerprint density at radius 3 is 2.50 bits per heavy atom. The number of hydrogen-bond donors (Lipinski definition) is 0. The third-order valence-corrected chi connectivity index (χ3v) is 7.11. The summed E-state index contributed by atoms with van der Waals surface area (Å²) in [6, 6.07) is 23.1. The van der Waals surface area contributed by atoms with Gasteiger partial charge in [-0.25, -0.2) is 0 Å². The molecule has 0 N–H and O–H groups in total. The second-order valence-electron chi connectivity index (χ2n) is 8.83. The molecule has 2 aromatic heterocycles. The van der Waals surface area contributed by atoms with E-state index in [1.165, 1.54) is 5.56 Å². The SMILES string of the molecule is CCc1ncccc1-c1ccc2c(c1)-n1cc(-c3ccccc3)cc1C(=O)N(C)C21CC1. The summed E-state index contributed by atoms with van der Waals surface area (Å²) in [6.07, 6.45) is 6.86. The number of hydrogen-bond acceptors (Lipinski definition) is 2. The molecule has 0 saturated heterocycles. The Labute approximate surface area is 188 Å². The Morgan fingerprint density at radius 2 is 1.75 bits per heavy atom. The van der Waals surface area contributed by atoms with Crippen LogP contribution in [-0.4, -0.2) is 27.4 Å². The zero-order chi connectivity index (χ0) is 21.9. The molecule has 4 nitrogen and oxygen atoms in total. The minimum atomic E-state index is -0.195. The zero-order valence-corrected chi connectivity index (χ0v) is 18.4. The van der Waals surface area contributed by atoms with Crippen LogP contribution in [0, 0.1) is 0 Å². The minimum Gasteiger partial charge on any atom is -0.331 e. The highest BCUT2D eigenvalue weighted by Crippen LogP contribution is 2.54. The molecule has 0 unspecified atom stereocenters. The van der Waals surface area contributed by atoms with Gasteiger partial charge in [0.2, 0.25) is 0 Å². The van der Waals surface area contributed by atoms with Gasteiger partial charge in [0, 0.05) is 41.8 Å². The summed E-state index contributed by atoms with van der Waals surface area (Å²) in [5.74, 6) is 0.0815. The minimum absolute atomic E-state index is 0.0815. The fourth-order valence-corrected chi connectivity index (χ4v) is 5.16. The molecule has 1 aliphatic carbocycles. The first-order chi connectivity index (χ1) is 15.6. The molecule has 158 valence electrons. The van der Waals surface area contributed by atoms with Gasteiger partial charge in [-0.05, 0) is 48.6 Å².